The van der Waals surface area contributed by atoms with Crippen molar-refractivity contribution in [3.63, 3.8) is 0 Å². The summed E-state index contributed by atoms with van der Waals surface area (Å²) in [6, 6.07) is 20.3. The second-order valence-corrected chi connectivity index (χ2v) is 6.05. The van der Waals surface area contributed by atoms with Crippen molar-refractivity contribution in [2.24, 2.45) is 0 Å². The van der Waals surface area contributed by atoms with Crippen LogP contribution in [0.5, 0.6) is 11.5 Å². The molecule has 138 valence electrons. The summed E-state index contributed by atoms with van der Waals surface area (Å²) in [5, 5.41) is 29.8. The molecule has 0 saturated heterocycles. The van der Waals surface area contributed by atoms with Gasteiger partial charge in [-0.05, 0) is 24.3 Å². The number of nitrogens with zero attached hydrogens (tertiary/aromatic N) is 4. The smallest absolute Gasteiger partial charge is 0.312 e. The van der Waals surface area contributed by atoms with E-state index in [-0.39, 0.29) is 16.9 Å². The first-order valence-electron chi connectivity index (χ1n) is 8.45. The number of nitriles is 2. The van der Waals surface area contributed by atoms with Crippen molar-refractivity contribution in [1.29, 1.82) is 10.5 Å². The largest absolute Gasteiger partial charge is 0.449 e. The Labute approximate surface area is 164 Å². The highest BCUT2D eigenvalue weighted by Crippen LogP contribution is 2.38. The van der Waals surface area contributed by atoms with E-state index in [9.17, 15) is 15.4 Å². The van der Waals surface area contributed by atoms with E-state index in [0.29, 0.717) is 17.1 Å². The molecule has 0 saturated carbocycles. The van der Waals surface area contributed by atoms with Gasteiger partial charge >= 0.3 is 5.69 Å². The van der Waals surface area contributed by atoms with Gasteiger partial charge in [-0.25, -0.2) is 4.98 Å². The lowest BCUT2D eigenvalue weighted by Crippen LogP contribution is -1.98. The fourth-order valence-electron chi connectivity index (χ4n) is 2.93. The molecular weight excluding hydrogens is 370 g/mol. The number of nitro groups is 1. The number of aromatic nitrogens is 2. The summed E-state index contributed by atoms with van der Waals surface area (Å²) < 4.78 is 5.83. The fraction of sp³-hybridized carbons (Fsp3) is 0. The van der Waals surface area contributed by atoms with Crippen molar-refractivity contribution in [3.8, 4) is 35.0 Å². The van der Waals surface area contributed by atoms with Crippen LogP contribution >= 0.6 is 0 Å². The van der Waals surface area contributed by atoms with Crippen molar-refractivity contribution in [2.75, 3.05) is 0 Å². The SMILES string of the molecule is N#Cc1cc(Oc2ccccc2-c2nc3ccccc3[nH]2)c([N+](=O)[O-])cc1C#N. The lowest BCUT2D eigenvalue weighted by Gasteiger charge is -2.10. The zero-order valence-electron chi connectivity index (χ0n) is 14.8. The van der Waals surface area contributed by atoms with Crippen LogP contribution in [-0.4, -0.2) is 14.9 Å². The van der Waals surface area contributed by atoms with E-state index in [1.54, 1.807) is 30.3 Å². The minimum atomic E-state index is -0.652. The molecule has 0 fully saturated rings. The quantitative estimate of drug-likeness (QED) is 0.404. The molecular formula is C21H11N5O3. The molecule has 1 heterocycles. The second-order valence-electron chi connectivity index (χ2n) is 6.05. The van der Waals surface area contributed by atoms with Gasteiger partial charge < -0.3 is 9.72 Å². The number of nitrogens with one attached hydrogen (secondary N) is 1. The maximum atomic E-state index is 11.5. The van der Waals surface area contributed by atoms with E-state index in [1.165, 1.54) is 6.07 Å². The summed E-state index contributed by atoms with van der Waals surface area (Å²) in [6.45, 7) is 0. The predicted molar refractivity (Wildman–Crippen MR) is 104 cm³/mol. The third kappa shape index (κ3) is 3.22. The second kappa shape index (κ2) is 7.14. The van der Waals surface area contributed by atoms with Crippen LogP contribution in [0, 0.1) is 32.8 Å². The minimum Gasteiger partial charge on any atom is -0.449 e. The molecule has 1 N–H and O–H groups in total. The first kappa shape index (κ1) is 17.7. The Morgan fingerprint density at radius 2 is 1.66 bits per heavy atom. The summed E-state index contributed by atoms with van der Waals surface area (Å²) in [6.07, 6.45) is 0. The van der Waals surface area contributed by atoms with Gasteiger partial charge in [0.15, 0.2) is 0 Å². The number of H-pyrrole nitrogens is 1. The van der Waals surface area contributed by atoms with Gasteiger partial charge in [0, 0.05) is 12.1 Å². The summed E-state index contributed by atoms with van der Waals surface area (Å²) in [5.74, 6) is 0.732. The number of hydrogen-bond donors (Lipinski definition) is 1. The van der Waals surface area contributed by atoms with Crippen LogP contribution in [0.1, 0.15) is 11.1 Å². The van der Waals surface area contributed by atoms with E-state index in [1.807, 2.05) is 30.3 Å². The summed E-state index contributed by atoms with van der Waals surface area (Å²) in [4.78, 5) is 18.6. The first-order chi connectivity index (χ1) is 14.1. The van der Waals surface area contributed by atoms with Gasteiger partial charge in [-0.1, -0.05) is 24.3 Å². The zero-order valence-corrected chi connectivity index (χ0v) is 14.8. The molecule has 1 aromatic heterocycles. The topological polar surface area (TPSA) is 129 Å². The molecule has 0 atom stereocenters. The molecule has 29 heavy (non-hydrogen) atoms. The Morgan fingerprint density at radius 3 is 2.38 bits per heavy atom. The van der Waals surface area contributed by atoms with E-state index >= 15 is 0 Å². The summed E-state index contributed by atoms with van der Waals surface area (Å²) in [7, 11) is 0. The molecule has 3 aromatic carbocycles. The molecule has 8 nitrogen and oxygen atoms in total. The van der Waals surface area contributed by atoms with Crippen molar-refractivity contribution in [1.82, 2.24) is 9.97 Å². The Kier molecular flexibility index (Phi) is 4.36. The maximum absolute atomic E-state index is 11.5. The molecule has 0 radical (unpaired) electrons. The Morgan fingerprint density at radius 1 is 0.966 bits per heavy atom. The predicted octanol–water partition coefficient (Wildman–Crippen LogP) is 4.67. The number of ether oxygens (including phenoxy) is 1. The van der Waals surface area contributed by atoms with Gasteiger partial charge in [-0.15, -0.1) is 0 Å². The standard InChI is InChI=1S/C21H11N5O3/c22-11-13-9-18(26(27)28)20(10-14(13)12-23)29-19-8-4-1-5-15(19)21-24-16-6-2-3-7-17(16)25-21/h1-10H,(H,24,25). The van der Waals surface area contributed by atoms with Crippen LogP contribution in [0.25, 0.3) is 22.4 Å². The molecule has 8 heteroatoms. The van der Waals surface area contributed by atoms with Gasteiger partial charge in [-0.3, -0.25) is 10.1 Å². The third-order valence-corrected chi connectivity index (χ3v) is 4.29. The number of aromatic amines is 1. The highest BCUT2D eigenvalue weighted by atomic mass is 16.6. The van der Waals surface area contributed by atoms with Crippen molar-refractivity contribution in [3.05, 3.63) is 81.9 Å². The van der Waals surface area contributed by atoms with Gasteiger partial charge in [0.25, 0.3) is 0 Å². The number of imidazole rings is 1. The number of nitro benzene ring substituents is 1. The molecule has 0 aliphatic carbocycles. The van der Waals surface area contributed by atoms with Crippen LogP contribution in [0.2, 0.25) is 0 Å². The number of hydrogen-bond acceptors (Lipinski definition) is 6. The van der Waals surface area contributed by atoms with Crippen LogP contribution in [-0.2, 0) is 0 Å². The van der Waals surface area contributed by atoms with Crippen LogP contribution in [0.15, 0.2) is 60.7 Å². The normalized spacial score (nSPS) is 10.3. The number of fused-ring (bicyclic) bond motifs is 1. The van der Waals surface area contributed by atoms with E-state index < -0.39 is 10.6 Å². The lowest BCUT2D eigenvalue weighted by molar-refractivity contribution is -0.385. The number of benzene rings is 3. The highest BCUT2D eigenvalue weighted by molar-refractivity contribution is 5.80. The lowest BCUT2D eigenvalue weighted by atomic mass is 10.1. The molecule has 4 aromatic rings. The summed E-state index contributed by atoms with van der Waals surface area (Å²) in [5.41, 5.74) is 1.72. The monoisotopic (exact) mass is 381 g/mol. The Bertz CT molecular complexity index is 1310. The number of para-hydroxylation sites is 3. The minimum absolute atomic E-state index is 0.00526. The van der Waals surface area contributed by atoms with Crippen LogP contribution in [0.3, 0.4) is 0 Å². The van der Waals surface area contributed by atoms with Gasteiger partial charge in [-0.2, -0.15) is 10.5 Å². The van der Waals surface area contributed by atoms with Crippen molar-refractivity contribution >= 4 is 16.7 Å². The first-order valence-corrected chi connectivity index (χ1v) is 8.45. The van der Waals surface area contributed by atoms with Crippen molar-refractivity contribution < 1.29 is 9.66 Å². The van der Waals surface area contributed by atoms with E-state index in [4.69, 9.17) is 10.00 Å². The molecule has 4 rings (SSSR count). The molecule has 0 unspecified atom stereocenters. The molecule has 0 amide bonds. The third-order valence-electron chi connectivity index (χ3n) is 4.29. The van der Waals surface area contributed by atoms with Gasteiger partial charge in [0.2, 0.25) is 5.75 Å². The zero-order chi connectivity index (χ0) is 20.4. The molecule has 0 bridgehead atoms. The Balaban J connectivity index is 1.83. The van der Waals surface area contributed by atoms with Gasteiger partial charge in [0.05, 0.1) is 32.6 Å². The van der Waals surface area contributed by atoms with Crippen LogP contribution < -0.4 is 4.74 Å². The number of rotatable bonds is 4. The van der Waals surface area contributed by atoms with E-state index in [0.717, 1.165) is 17.1 Å². The fourth-order valence-corrected chi connectivity index (χ4v) is 2.93. The average molecular weight is 381 g/mol. The van der Waals surface area contributed by atoms with E-state index in [2.05, 4.69) is 9.97 Å². The highest BCUT2D eigenvalue weighted by Gasteiger charge is 2.22. The molecule has 0 aliphatic heterocycles. The maximum Gasteiger partial charge on any atom is 0.312 e. The summed E-state index contributed by atoms with van der Waals surface area (Å²) >= 11 is 0. The van der Waals surface area contributed by atoms with Gasteiger partial charge in [0.1, 0.15) is 23.7 Å². The van der Waals surface area contributed by atoms with Crippen molar-refractivity contribution in [2.45, 2.75) is 0 Å². The van der Waals surface area contributed by atoms with Crippen LogP contribution in [0.4, 0.5) is 5.69 Å². The molecule has 0 aliphatic rings. The molecule has 0 spiro atoms. The Hall–Kier alpha value is -4.69. The average Bonchev–Trinajstić information content (AvgIpc) is 3.17.